The van der Waals surface area contributed by atoms with Crippen LogP contribution < -0.4 is 10.6 Å². The number of hydrogen-bond acceptors (Lipinski definition) is 6. The zero-order valence-corrected chi connectivity index (χ0v) is 19.0. The van der Waals surface area contributed by atoms with E-state index in [4.69, 9.17) is 10.00 Å². The number of esters is 1. The van der Waals surface area contributed by atoms with Crippen LogP contribution in [0.4, 0.5) is 10.5 Å². The monoisotopic (exact) mass is 449 g/mol. The van der Waals surface area contributed by atoms with Crippen molar-refractivity contribution in [3.63, 3.8) is 0 Å². The van der Waals surface area contributed by atoms with Gasteiger partial charge in [-0.1, -0.05) is 12.1 Å². The number of anilines is 1. The van der Waals surface area contributed by atoms with Gasteiger partial charge in [-0.05, 0) is 61.9 Å². The molecular weight excluding hydrogens is 418 g/mol. The average Bonchev–Trinajstić information content (AvgIpc) is 2.84. The Bertz CT molecular complexity index is 946. The molecular formula is C25H31N5O3. The van der Waals surface area contributed by atoms with E-state index >= 15 is 0 Å². The second kappa shape index (κ2) is 12.6. The van der Waals surface area contributed by atoms with Crippen molar-refractivity contribution in [2.75, 3.05) is 51.2 Å². The molecule has 0 saturated carbocycles. The first-order valence-corrected chi connectivity index (χ1v) is 11.3. The van der Waals surface area contributed by atoms with Gasteiger partial charge in [-0.15, -0.1) is 0 Å². The molecule has 0 radical (unpaired) electrons. The van der Waals surface area contributed by atoms with Crippen molar-refractivity contribution in [2.45, 2.75) is 19.9 Å². The topological polar surface area (TPSA) is 97.7 Å². The number of rotatable bonds is 9. The molecule has 0 atom stereocenters. The fourth-order valence-electron chi connectivity index (χ4n) is 3.70. The lowest BCUT2D eigenvalue weighted by Gasteiger charge is -2.34. The Hall–Kier alpha value is -3.41. The summed E-state index contributed by atoms with van der Waals surface area (Å²) in [6.07, 6.45) is 0.880. The Morgan fingerprint density at radius 3 is 2.30 bits per heavy atom. The Kier molecular flexibility index (Phi) is 9.24. The summed E-state index contributed by atoms with van der Waals surface area (Å²) in [7, 11) is 0. The summed E-state index contributed by atoms with van der Waals surface area (Å²) in [5.41, 5.74) is 3.00. The lowest BCUT2D eigenvalue weighted by molar-refractivity contribution is 0.0526. The van der Waals surface area contributed by atoms with Crippen molar-refractivity contribution in [2.24, 2.45) is 0 Å². The molecule has 2 aromatic rings. The van der Waals surface area contributed by atoms with Crippen LogP contribution in [0.5, 0.6) is 0 Å². The number of urea groups is 1. The Morgan fingerprint density at radius 2 is 1.67 bits per heavy atom. The van der Waals surface area contributed by atoms with Crippen LogP contribution in [0.1, 0.15) is 34.8 Å². The molecule has 8 heteroatoms. The third kappa shape index (κ3) is 7.90. The molecule has 3 rings (SSSR count). The van der Waals surface area contributed by atoms with Gasteiger partial charge in [0, 0.05) is 45.0 Å². The fourth-order valence-corrected chi connectivity index (χ4v) is 3.70. The predicted octanol–water partition coefficient (Wildman–Crippen LogP) is 3.06. The van der Waals surface area contributed by atoms with E-state index in [9.17, 15) is 9.59 Å². The molecule has 1 aliphatic rings. The maximum Gasteiger partial charge on any atom is 0.338 e. The van der Waals surface area contributed by atoms with Crippen LogP contribution in [-0.2, 0) is 11.3 Å². The van der Waals surface area contributed by atoms with E-state index < -0.39 is 0 Å². The van der Waals surface area contributed by atoms with Crippen molar-refractivity contribution in [1.29, 1.82) is 5.26 Å². The zero-order chi connectivity index (χ0) is 23.5. The predicted molar refractivity (Wildman–Crippen MR) is 127 cm³/mol. The number of piperazine rings is 1. The lowest BCUT2D eigenvalue weighted by atomic mass is 10.1. The highest BCUT2D eigenvalue weighted by Gasteiger charge is 2.16. The van der Waals surface area contributed by atoms with Crippen LogP contribution in [0.15, 0.2) is 48.5 Å². The van der Waals surface area contributed by atoms with Crippen LogP contribution in [0.3, 0.4) is 0 Å². The van der Waals surface area contributed by atoms with Gasteiger partial charge in [0.05, 0.1) is 23.8 Å². The highest BCUT2D eigenvalue weighted by atomic mass is 16.5. The molecule has 1 aliphatic heterocycles. The summed E-state index contributed by atoms with van der Waals surface area (Å²) in [5.74, 6) is -0.372. The number of ether oxygens (including phenoxy) is 1. The van der Waals surface area contributed by atoms with Gasteiger partial charge in [0.25, 0.3) is 0 Å². The van der Waals surface area contributed by atoms with Gasteiger partial charge in [-0.2, -0.15) is 5.26 Å². The Morgan fingerprint density at radius 1 is 1.00 bits per heavy atom. The maximum absolute atomic E-state index is 12.1. The minimum atomic E-state index is -0.372. The van der Waals surface area contributed by atoms with Crippen molar-refractivity contribution in [1.82, 2.24) is 15.1 Å². The number of nitriles is 1. The van der Waals surface area contributed by atoms with Crippen molar-refractivity contribution in [3.8, 4) is 6.07 Å². The first kappa shape index (κ1) is 24.2. The van der Waals surface area contributed by atoms with E-state index in [1.807, 2.05) is 24.3 Å². The molecule has 174 valence electrons. The molecule has 0 bridgehead atoms. The summed E-state index contributed by atoms with van der Waals surface area (Å²) < 4.78 is 4.95. The molecule has 2 N–H and O–H groups in total. The molecule has 0 aromatic heterocycles. The molecule has 0 unspecified atom stereocenters. The van der Waals surface area contributed by atoms with E-state index in [-0.39, 0.29) is 12.0 Å². The second-order valence-electron chi connectivity index (χ2n) is 7.96. The summed E-state index contributed by atoms with van der Waals surface area (Å²) in [4.78, 5) is 28.6. The minimum absolute atomic E-state index is 0.258. The third-order valence-corrected chi connectivity index (χ3v) is 5.54. The van der Waals surface area contributed by atoms with Crippen molar-refractivity contribution < 1.29 is 14.3 Å². The molecule has 1 fully saturated rings. The van der Waals surface area contributed by atoms with E-state index in [0.29, 0.717) is 30.0 Å². The molecule has 2 amide bonds. The lowest BCUT2D eigenvalue weighted by Crippen LogP contribution is -2.46. The second-order valence-corrected chi connectivity index (χ2v) is 7.96. The Balaban J connectivity index is 1.28. The standard InChI is InChI=1S/C25H31N5O3/c1-2-33-24(31)22-8-10-23(11-9-22)28-25(32)27-12-3-13-29-14-16-30(17-15-29)19-21-6-4-20(18-26)5-7-21/h4-11H,2-3,12-17,19H2,1H3,(H2,27,28,32). The van der Waals surface area contributed by atoms with Crippen molar-refractivity contribution in [3.05, 3.63) is 65.2 Å². The number of amides is 2. The van der Waals surface area contributed by atoms with E-state index in [0.717, 1.165) is 45.7 Å². The molecule has 33 heavy (non-hydrogen) atoms. The van der Waals surface area contributed by atoms with Crippen LogP contribution in [0.25, 0.3) is 0 Å². The number of nitrogens with one attached hydrogen (secondary N) is 2. The van der Waals surface area contributed by atoms with Crippen LogP contribution in [-0.4, -0.2) is 67.7 Å². The molecule has 2 aromatic carbocycles. The number of carbonyl (C=O) groups is 2. The number of benzene rings is 2. The van der Waals surface area contributed by atoms with E-state index in [2.05, 4.69) is 26.5 Å². The summed E-state index contributed by atoms with van der Waals surface area (Å²) in [6, 6.07) is 16.3. The van der Waals surface area contributed by atoms with Crippen LogP contribution in [0.2, 0.25) is 0 Å². The number of nitrogens with zero attached hydrogens (tertiary/aromatic N) is 3. The van der Waals surface area contributed by atoms with E-state index in [1.54, 1.807) is 31.2 Å². The van der Waals surface area contributed by atoms with Gasteiger partial charge in [-0.3, -0.25) is 4.90 Å². The smallest absolute Gasteiger partial charge is 0.338 e. The summed E-state index contributed by atoms with van der Waals surface area (Å²) in [5, 5.41) is 14.6. The van der Waals surface area contributed by atoms with Gasteiger partial charge in [0.2, 0.25) is 0 Å². The normalized spacial score (nSPS) is 14.3. The maximum atomic E-state index is 12.1. The molecule has 8 nitrogen and oxygen atoms in total. The van der Waals surface area contributed by atoms with Crippen LogP contribution in [0, 0.1) is 11.3 Å². The molecule has 1 saturated heterocycles. The van der Waals surface area contributed by atoms with Crippen molar-refractivity contribution >= 4 is 17.7 Å². The first-order chi connectivity index (χ1) is 16.1. The Labute approximate surface area is 195 Å². The number of carbonyl (C=O) groups excluding carboxylic acids is 2. The van der Waals surface area contributed by atoms with Gasteiger partial charge >= 0.3 is 12.0 Å². The molecule has 0 spiro atoms. The molecule has 1 heterocycles. The summed E-state index contributed by atoms with van der Waals surface area (Å²) in [6.45, 7) is 8.57. The van der Waals surface area contributed by atoms with Gasteiger partial charge < -0.3 is 20.3 Å². The quantitative estimate of drug-likeness (QED) is 0.451. The minimum Gasteiger partial charge on any atom is -0.462 e. The SMILES string of the molecule is CCOC(=O)c1ccc(NC(=O)NCCCN2CCN(Cc3ccc(C#N)cc3)CC2)cc1. The number of hydrogen-bond donors (Lipinski definition) is 2. The largest absolute Gasteiger partial charge is 0.462 e. The van der Waals surface area contributed by atoms with Gasteiger partial charge in [0.1, 0.15) is 0 Å². The highest BCUT2D eigenvalue weighted by molar-refractivity contribution is 5.92. The average molecular weight is 450 g/mol. The van der Waals surface area contributed by atoms with E-state index in [1.165, 1.54) is 5.56 Å². The van der Waals surface area contributed by atoms with Gasteiger partial charge in [0.15, 0.2) is 0 Å². The third-order valence-electron chi connectivity index (χ3n) is 5.54. The highest BCUT2D eigenvalue weighted by Crippen LogP contribution is 2.11. The van der Waals surface area contributed by atoms with Gasteiger partial charge in [-0.25, -0.2) is 9.59 Å². The summed E-state index contributed by atoms with van der Waals surface area (Å²) >= 11 is 0. The first-order valence-electron chi connectivity index (χ1n) is 11.3. The zero-order valence-electron chi connectivity index (χ0n) is 19.0. The molecule has 0 aliphatic carbocycles. The van der Waals surface area contributed by atoms with Crippen LogP contribution >= 0.6 is 0 Å². The fraction of sp³-hybridized carbons (Fsp3) is 0.400.